The Morgan fingerprint density at radius 1 is 1.55 bits per heavy atom. The predicted molar refractivity (Wildman–Crippen MR) is 76.3 cm³/mol. The van der Waals surface area contributed by atoms with Gasteiger partial charge in [0.1, 0.15) is 0 Å². The molecule has 0 aliphatic carbocycles. The molecule has 2 amide bonds. The number of hydrogen-bond acceptors (Lipinski definition) is 4. The number of nitrogens with zero attached hydrogens (tertiary/aromatic N) is 2. The first-order chi connectivity index (χ1) is 9.61. The third-order valence-electron chi connectivity index (χ3n) is 2.99. The monoisotopic (exact) mass is 288 g/mol. The quantitative estimate of drug-likeness (QED) is 0.883. The van der Waals surface area contributed by atoms with Gasteiger partial charge in [-0.1, -0.05) is 12.1 Å². The number of nitrogens with two attached hydrogens (primary N) is 1. The lowest BCUT2D eigenvalue weighted by Crippen LogP contribution is -2.42. The lowest BCUT2D eigenvalue weighted by Gasteiger charge is -2.20. The van der Waals surface area contributed by atoms with Gasteiger partial charge in [0.15, 0.2) is 5.37 Å². The highest BCUT2D eigenvalue weighted by atomic mass is 32.2. The molecule has 0 spiro atoms. The summed E-state index contributed by atoms with van der Waals surface area (Å²) < 4.78 is 0. The number of benzene rings is 1. The summed E-state index contributed by atoms with van der Waals surface area (Å²) in [6, 6.07) is 9.15. The van der Waals surface area contributed by atoms with Gasteiger partial charge in [-0.05, 0) is 24.1 Å². The van der Waals surface area contributed by atoms with Gasteiger partial charge in [0.2, 0.25) is 5.91 Å². The largest absolute Gasteiger partial charge is 0.367 e. The third-order valence-corrected chi connectivity index (χ3v) is 4.21. The van der Waals surface area contributed by atoms with E-state index in [9.17, 15) is 9.59 Å². The van der Waals surface area contributed by atoms with Crippen molar-refractivity contribution in [2.75, 3.05) is 12.3 Å². The molecule has 1 radical (unpaired) electrons. The number of carbonyl (C=O) groups is 2. The average Bonchev–Trinajstić information content (AvgIpc) is 2.94. The summed E-state index contributed by atoms with van der Waals surface area (Å²) in [5, 5.41) is 8.25. The summed E-state index contributed by atoms with van der Waals surface area (Å²) in [5.74, 6) is 0.0405. The van der Waals surface area contributed by atoms with Crippen LogP contribution in [0.1, 0.15) is 11.1 Å². The Hall–Kier alpha value is -2.00. The Kier molecular flexibility index (Phi) is 4.64. The van der Waals surface area contributed by atoms with E-state index in [-0.39, 0.29) is 5.91 Å². The van der Waals surface area contributed by atoms with Crippen molar-refractivity contribution in [1.82, 2.24) is 4.90 Å². The van der Waals surface area contributed by atoms with E-state index in [0.29, 0.717) is 18.5 Å². The summed E-state index contributed by atoms with van der Waals surface area (Å²) >= 11 is 1.38. The maximum atomic E-state index is 12.1. The fourth-order valence-corrected chi connectivity index (χ4v) is 3.10. The second kappa shape index (κ2) is 6.44. The molecular formula is C14H14N3O2S. The van der Waals surface area contributed by atoms with Crippen LogP contribution in [0.25, 0.3) is 0 Å². The van der Waals surface area contributed by atoms with Crippen LogP contribution in [0.2, 0.25) is 0 Å². The SMILES string of the molecule is N#Cc1cccc(C[CH]C(=O)N2CCSC2C(N)=O)c1. The Morgan fingerprint density at radius 3 is 3.05 bits per heavy atom. The molecule has 0 aromatic heterocycles. The predicted octanol–water partition coefficient (Wildman–Crippen LogP) is 0.692. The van der Waals surface area contributed by atoms with E-state index in [2.05, 4.69) is 6.07 Å². The van der Waals surface area contributed by atoms with Crippen molar-refractivity contribution in [2.24, 2.45) is 5.73 Å². The molecule has 1 atom stereocenters. The number of thioether (sulfide) groups is 1. The van der Waals surface area contributed by atoms with Gasteiger partial charge >= 0.3 is 0 Å². The molecule has 1 saturated heterocycles. The van der Waals surface area contributed by atoms with Crippen LogP contribution in [0.4, 0.5) is 0 Å². The summed E-state index contributed by atoms with van der Waals surface area (Å²) in [6.07, 6.45) is 1.96. The number of carbonyl (C=O) groups excluding carboxylic acids is 2. The molecular weight excluding hydrogens is 274 g/mol. The summed E-state index contributed by atoms with van der Waals surface area (Å²) in [5.41, 5.74) is 6.72. The lowest BCUT2D eigenvalue weighted by atomic mass is 10.1. The van der Waals surface area contributed by atoms with Crippen molar-refractivity contribution in [3.05, 3.63) is 41.8 Å². The number of nitriles is 1. The zero-order chi connectivity index (χ0) is 14.5. The number of primary amides is 1. The first-order valence-corrected chi connectivity index (χ1v) is 7.20. The smallest absolute Gasteiger partial charge is 0.250 e. The Bertz CT molecular complexity index is 568. The Balaban J connectivity index is 1.95. The van der Waals surface area contributed by atoms with Gasteiger partial charge in [-0.15, -0.1) is 11.8 Å². The van der Waals surface area contributed by atoms with Crippen molar-refractivity contribution >= 4 is 23.6 Å². The molecule has 1 aliphatic heterocycles. The minimum absolute atomic E-state index is 0.193. The van der Waals surface area contributed by atoms with Crippen LogP contribution in [0, 0.1) is 17.8 Å². The topological polar surface area (TPSA) is 87.2 Å². The molecule has 1 aromatic carbocycles. The van der Waals surface area contributed by atoms with Gasteiger partial charge in [-0.2, -0.15) is 5.26 Å². The van der Waals surface area contributed by atoms with Crippen molar-refractivity contribution in [2.45, 2.75) is 11.8 Å². The number of rotatable bonds is 4. The van der Waals surface area contributed by atoms with E-state index < -0.39 is 11.3 Å². The molecule has 1 aromatic rings. The maximum Gasteiger partial charge on any atom is 0.250 e. The van der Waals surface area contributed by atoms with Crippen LogP contribution < -0.4 is 5.73 Å². The van der Waals surface area contributed by atoms with Crippen LogP contribution >= 0.6 is 11.8 Å². The molecule has 2 N–H and O–H groups in total. The second-order valence-corrected chi connectivity index (χ2v) is 5.57. The van der Waals surface area contributed by atoms with Gasteiger partial charge in [-0.3, -0.25) is 9.59 Å². The molecule has 5 nitrogen and oxygen atoms in total. The number of hydrogen-bond donors (Lipinski definition) is 1. The first-order valence-electron chi connectivity index (χ1n) is 6.15. The highest BCUT2D eigenvalue weighted by molar-refractivity contribution is 8.00. The molecule has 1 unspecified atom stereocenters. The van der Waals surface area contributed by atoms with Crippen molar-refractivity contribution in [1.29, 1.82) is 5.26 Å². The van der Waals surface area contributed by atoms with E-state index in [1.54, 1.807) is 18.2 Å². The molecule has 6 heteroatoms. The average molecular weight is 288 g/mol. The van der Waals surface area contributed by atoms with Crippen molar-refractivity contribution < 1.29 is 9.59 Å². The highest BCUT2D eigenvalue weighted by Gasteiger charge is 2.32. The molecule has 103 valence electrons. The third kappa shape index (κ3) is 3.31. The van der Waals surface area contributed by atoms with E-state index in [1.807, 2.05) is 6.07 Å². The van der Waals surface area contributed by atoms with E-state index >= 15 is 0 Å². The van der Waals surface area contributed by atoms with Crippen molar-refractivity contribution in [3.8, 4) is 6.07 Å². The van der Waals surface area contributed by atoms with Crippen molar-refractivity contribution in [3.63, 3.8) is 0 Å². The molecule has 2 rings (SSSR count). The molecule has 0 saturated carbocycles. The van der Waals surface area contributed by atoms with Crippen LogP contribution in [-0.2, 0) is 16.0 Å². The normalized spacial score (nSPS) is 17.8. The van der Waals surface area contributed by atoms with Gasteiger partial charge in [0.05, 0.1) is 18.1 Å². The molecule has 1 fully saturated rings. The summed E-state index contributed by atoms with van der Waals surface area (Å²) in [4.78, 5) is 24.8. The highest BCUT2D eigenvalue weighted by Crippen LogP contribution is 2.24. The zero-order valence-corrected chi connectivity index (χ0v) is 11.6. The first kappa shape index (κ1) is 14.4. The van der Waals surface area contributed by atoms with Crippen LogP contribution in [-0.4, -0.2) is 34.4 Å². The van der Waals surface area contributed by atoms with Gasteiger partial charge in [0, 0.05) is 12.3 Å². The summed E-state index contributed by atoms with van der Waals surface area (Å²) in [7, 11) is 0. The van der Waals surface area contributed by atoms with E-state index in [1.165, 1.54) is 23.1 Å². The van der Waals surface area contributed by atoms with Gasteiger partial charge < -0.3 is 10.6 Å². The zero-order valence-electron chi connectivity index (χ0n) is 10.8. The Labute approximate surface area is 121 Å². The number of amides is 2. The van der Waals surface area contributed by atoms with Gasteiger partial charge in [-0.25, -0.2) is 0 Å². The molecule has 1 aliphatic rings. The maximum absolute atomic E-state index is 12.1. The summed E-state index contributed by atoms with van der Waals surface area (Å²) in [6.45, 7) is 0.534. The van der Waals surface area contributed by atoms with Crippen LogP contribution in [0.3, 0.4) is 0 Å². The van der Waals surface area contributed by atoms with Crippen LogP contribution in [0.15, 0.2) is 24.3 Å². The second-order valence-electron chi connectivity index (χ2n) is 4.38. The van der Waals surface area contributed by atoms with E-state index in [0.717, 1.165) is 11.3 Å². The standard InChI is InChI=1S/C14H14N3O2S/c15-9-11-3-1-2-10(8-11)4-5-12(18)17-6-7-20-14(17)13(16)19/h1-3,5,8,14H,4,6-7H2,(H2,16,19). The molecule has 20 heavy (non-hydrogen) atoms. The minimum Gasteiger partial charge on any atom is -0.367 e. The van der Waals surface area contributed by atoms with E-state index in [4.69, 9.17) is 11.0 Å². The van der Waals surface area contributed by atoms with Crippen LogP contribution in [0.5, 0.6) is 0 Å². The fraction of sp³-hybridized carbons (Fsp3) is 0.286. The fourth-order valence-electron chi connectivity index (χ4n) is 2.02. The Morgan fingerprint density at radius 2 is 2.35 bits per heavy atom. The van der Waals surface area contributed by atoms with Gasteiger partial charge in [0.25, 0.3) is 5.91 Å². The lowest BCUT2D eigenvalue weighted by molar-refractivity contribution is -0.132. The molecule has 0 bridgehead atoms. The molecule has 1 heterocycles. The minimum atomic E-state index is -0.566.